The molecule has 0 aromatic carbocycles. The molecule has 0 amide bonds. The van der Waals surface area contributed by atoms with Crippen molar-refractivity contribution in [2.45, 2.75) is 59.0 Å². The SMILES string of the molecule is CC(CN1CC(C)OC(C)C1)CN1CC(C)OC(C)C1. The van der Waals surface area contributed by atoms with Gasteiger partial charge < -0.3 is 9.47 Å². The van der Waals surface area contributed by atoms with E-state index in [0.717, 1.165) is 26.2 Å². The average Bonchev–Trinajstić information content (AvgIpc) is 2.24. The van der Waals surface area contributed by atoms with Gasteiger partial charge in [-0.15, -0.1) is 0 Å². The summed E-state index contributed by atoms with van der Waals surface area (Å²) in [5.74, 6) is 0.699. The van der Waals surface area contributed by atoms with Crippen LogP contribution in [0.3, 0.4) is 0 Å². The summed E-state index contributed by atoms with van der Waals surface area (Å²) in [6.45, 7) is 17.7. The van der Waals surface area contributed by atoms with Gasteiger partial charge in [0.05, 0.1) is 24.4 Å². The molecule has 0 spiro atoms. The summed E-state index contributed by atoms with van der Waals surface area (Å²) >= 11 is 0. The summed E-state index contributed by atoms with van der Waals surface area (Å²) < 4.78 is 11.6. The van der Waals surface area contributed by atoms with E-state index >= 15 is 0 Å². The van der Waals surface area contributed by atoms with Gasteiger partial charge >= 0.3 is 0 Å². The molecule has 4 unspecified atom stereocenters. The molecule has 20 heavy (non-hydrogen) atoms. The predicted octanol–water partition coefficient (Wildman–Crippen LogP) is 1.84. The summed E-state index contributed by atoms with van der Waals surface area (Å²) in [5, 5.41) is 0. The van der Waals surface area contributed by atoms with Crippen LogP contribution in [0, 0.1) is 5.92 Å². The van der Waals surface area contributed by atoms with Crippen molar-refractivity contribution in [1.29, 1.82) is 0 Å². The third kappa shape index (κ3) is 4.99. The number of hydrogen-bond donors (Lipinski definition) is 0. The van der Waals surface area contributed by atoms with Crippen molar-refractivity contribution in [2.75, 3.05) is 39.3 Å². The molecule has 0 aromatic heterocycles. The largest absolute Gasteiger partial charge is 0.373 e. The Kier molecular flexibility index (Phi) is 5.84. The molecule has 2 heterocycles. The van der Waals surface area contributed by atoms with E-state index in [1.54, 1.807) is 0 Å². The Morgan fingerprint density at radius 3 is 1.35 bits per heavy atom. The van der Waals surface area contributed by atoms with Gasteiger partial charge in [-0.25, -0.2) is 0 Å². The molecule has 2 saturated heterocycles. The Morgan fingerprint density at radius 2 is 1.05 bits per heavy atom. The molecule has 2 aliphatic heterocycles. The Bertz CT molecular complexity index is 252. The Morgan fingerprint density at radius 1 is 0.750 bits per heavy atom. The van der Waals surface area contributed by atoms with Crippen LogP contribution in [0.2, 0.25) is 0 Å². The lowest BCUT2D eigenvalue weighted by atomic mass is 10.1. The third-order valence-electron chi connectivity index (χ3n) is 4.13. The molecule has 0 radical (unpaired) electrons. The fourth-order valence-electron chi connectivity index (χ4n) is 3.81. The van der Waals surface area contributed by atoms with E-state index in [0.29, 0.717) is 30.3 Å². The lowest BCUT2D eigenvalue weighted by Crippen LogP contribution is -2.50. The normalized spacial score (nSPS) is 38.9. The van der Waals surface area contributed by atoms with Gasteiger partial charge in [0, 0.05) is 39.3 Å². The van der Waals surface area contributed by atoms with Crippen molar-refractivity contribution in [3.8, 4) is 0 Å². The maximum absolute atomic E-state index is 5.81. The van der Waals surface area contributed by atoms with E-state index in [1.165, 1.54) is 13.1 Å². The molecule has 2 fully saturated rings. The first kappa shape index (κ1) is 16.2. The first-order valence-electron chi connectivity index (χ1n) is 8.18. The zero-order valence-electron chi connectivity index (χ0n) is 13.8. The van der Waals surface area contributed by atoms with E-state index < -0.39 is 0 Å². The highest BCUT2D eigenvalue weighted by Crippen LogP contribution is 2.15. The number of ether oxygens (including phenoxy) is 2. The minimum Gasteiger partial charge on any atom is -0.373 e. The van der Waals surface area contributed by atoms with Crippen LogP contribution in [0.5, 0.6) is 0 Å². The predicted molar refractivity (Wildman–Crippen MR) is 82.1 cm³/mol. The van der Waals surface area contributed by atoms with Gasteiger partial charge in [-0.2, -0.15) is 0 Å². The highest BCUT2D eigenvalue weighted by molar-refractivity contribution is 4.78. The summed E-state index contributed by atoms with van der Waals surface area (Å²) in [6.07, 6.45) is 1.48. The summed E-state index contributed by atoms with van der Waals surface area (Å²) in [4.78, 5) is 5.13. The first-order chi connectivity index (χ1) is 9.42. The summed E-state index contributed by atoms with van der Waals surface area (Å²) in [5.41, 5.74) is 0. The average molecular weight is 284 g/mol. The van der Waals surface area contributed by atoms with Crippen LogP contribution in [0.1, 0.15) is 34.6 Å². The molecule has 2 aliphatic rings. The maximum atomic E-state index is 5.81. The lowest BCUT2D eigenvalue weighted by Gasteiger charge is -2.39. The minimum atomic E-state index is 0.370. The highest BCUT2D eigenvalue weighted by Gasteiger charge is 2.26. The molecule has 2 rings (SSSR count). The van der Waals surface area contributed by atoms with Crippen LogP contribution in [-0.2, 0) is 9.47 Å². The second-order valence-corrected chi connectivity index (χ2v) is 7.06. The van der Waals surface area contributed by atoms with Gasteiger partial charge in [-0.05, 0) is 33.6 Å². The summed E-state index contributed by atoms with van der Waals surface area (Å²) in [7, 11) is 0. The van der Waals surface area contributed by atoms with Gasteiger partial charge in [-0.3, -0.25) is 9.80 Å². The van der Waals surface area contributed by atoms with E-state index in [9.17, 15) is 0 Å². The molecule has 4 atom stereocenters. The maximum Gasteiger partial charge on any atom is 0.0678 e. The standard InChI is InChI=1S/C16H32N2O2/c1-12(6-17-8-13(2)19-14(3)9-17)7-18-10-15(4)20-16(5)11-18/h12-16H,6-11H2,1-5H3. The molecule has 4 nitrogen and oxygen atoms in total. The highest BCUT2D eigenvalue weighted by atomic mass is 16.5. The monoisotopic (exact) mass is 284 g/mol. The number of nitrogens with zero attached hydrogens (tertiary/aromatic N) is 2. The van der Waals surface area contributed by atoms with Crippen molar-refractivity contribution in [2.24, 2.45) is 5.92 Å². The molecule has 0 saturated carbocycles. The van der Waals surface area contributed by atoms with Crippen molar-refractivity contribution in [3.05, 3.63) is 0 Å². The second-order valence-electron chi connectivity index (χ2n) is 7.06. The molecule has 0 N–H and O–H groups in total. The molecule has 0 bridgehead atoms. The van der Waals surface area contributed by atoms with Crippen LogP contribution < -0.4 is 0 Å². The van der Waals surface area contributed by atoms with Crippen LogP contribution in [-0.4, -0.2) is 73.5 Å². The van der Waals surface area contributed by atoms with Crippen molar-refractivity contribution >= 4 is 0 Å². The van der Waals surface area contributed by atoms with Gasteiger partial charge in [0.2, 0.25) is 0 Å². The van der Waals surface area contributed by atoms with Crippen LogP contribution in [0.25, 0.3) is 0 Å². The van der Waals surface area contributed by atoms with E-state index in [1.807, 2.05) is 0 Å². The van der Waals surface area contributed by atoms with Crippen molar-refractivity contribution in [3.63, 3.8) is 0 Å². The molecule has 4 heteroatoms. The van der Waals surface area contributed by atoms with Gasteiger partial charge in [0.15, 0.2) is 0 Å². The fraction of sp³-hybridized carbons (Fsp3) is 1.00. The second kappa shape index (κ2) is 7.21. The van der Waals surface area contributed by atoms with Gasteiger partial charge in [-0.1, -0.05) is 6.92 Å². The lowest BCUT2D eigenvalue weighted by molar-refractivity contribution is -0.0811. The zero-order valence-corrected chi connectivity index (χ0v) is 13.8. The van der Waals surface area contributed by atoms with Crippen LogP contribution in [0.4, 0.5) is 0 Å². The fourth-order valence-corrected chi connectivity index (χ4v) is 3.81. The molecular formula is C16H32N2O2. The Labute approximate surface area is 124 Å². The Balaban J connectivity index is 1.75. The van der Waals surface area contributed by atoms with E-state index in [2.05, 4.69) is 44.4 Å². The smallest absolute Gasteiger partial charge is 0.0678 e. The third-order valence-corrected chi connectivity index (χ3v) is 4.13. The summed E-state index contributed by atoms with van der Waals surface area (Å²) in [6, 6.07) is 0. The quantitative estimate of drug-likeness (QED) is 0.786. The number of morpholine rings is 2. The van der Waals surface area contributed by atoms with Crippen LogP contribution in [0.15, 0.2) is 0 Å². The number of hydrogen-bond acceptors (Lipinski definition) is 4. The molecule has 118 valence electrons. The first-order valence-corrected chi connectivity index (χ1v) is 8.18. The van der Waals surface area contributed by atoms with Crippen molar-refractivity contribution < 1.29 is 9.47 Å². The molecular weight excluding hydrogens is 252 g/mol. The molecule has 0 aliphatic carbocycles. The number of rotatable bonds is 4. The van der Waals surface area contributed by atoms with E-state index in [4.69, 9.17) is 9.47 Å². The minimum absolute atomic E-state index is 0.370. The van der Waals surface area contributed by atoms with E-state index in [-0.39, 0.29) is 0 Å². The molecule has 0 aromatic rings. The topological polar surface area (TPSA) is 24.9 Å². The van der Waals surface area contributed by atoms with Gasteiger partial charge in [0.25, 0.3) is 0 Å². The zero-order chi connectivity index (χ0) is 14.7. The van der Waals surface area contributed by atoms with Crippen molar-refractivity contribution in [1.82, 2.24) is 9.80 Å². The van der Waals surface area contributed by atoms with Crippen LogP contribution >= 0.6 is 0 Å². The van der Waals surface area contributed by atoms with Gasteiger partial charge in [0.1, 0.15) is 0 Å². The Hall–Kier alpha value is -0.160.